The van der Waals surface area contributed by atoms with Crippen molar-refractivity contribution in [3.63, 3.8) is 0 Å². The zero-order valence-corrected chi connectivity index (χ0v) is 19.9. The number of thiophene rings is 1. The second kappa shape index (κ2) is 9.88. The van der Waals surface area contributed by atoms with Crippen LogP contribution in [0.15, 0.2) is 66.0 Å². The van der Waals surface area contributed by atoms with Gasteiger partial charge in [0.2, 0.25) is 5.91 Å². The van der Waals surface area contributed by atoms with E-state index < -0.39 is 0 Å². The fourth-order valence-corrected chi connectivity index (χ4v) is 5.35. The molecule has 0 aliphatic carbocycles. The summed E-state index contributed by atoms with van der Waals surface area (Å²) in [6, 6.07) is 19.0. The number of amides is 2. The Morgan fingerprint density at radius 3 is 2.66 bits per heavy atom. The molecule has 1 aliphatic rings. The van der Waals surface area contributed by atoms with Crippen LogP contribution in [-0.2, 0) is 11.2 Å². The van der Waals surface area contributed by atoms with Gasteiger partial charge in [0.05, 0.1) is 6.04 Å². The Morgan fingerprint density at radius 2 is 1.94 bits per heavy atom. The van der Waals surface area contributed by atoms with Gasteiger partial charge in [0.25, 0.3) is 5.91 Å². The lowest BCUT2D eigenvalue weighted by atomic mass is 9.93. The average Bonchev–Trinajstić information content (AvgIpc) is 3.30. The smallest absolute Gasteiger partial charge is 0.254 e. The van der Waals surface area contributed by atoms with Gasteiger partial charge in [0.15, 0.2) is 0 Å². The van der Waals surface area contributed by atoms with E-state index in [0.29, 0.717) is 17.1 Å². The van der Waals surface area contributed by atoms with Crippen LogP contribution in [0.4, 0.5) is 0 Å². The molecule has 2 unspecified atom stereocenters. The highest BCUT2D eigenvalue weighted by molar-refractivity contribution is 7.10. The second-order valence-corrected chi connectivity index (χ2v) is 9.59. The Hall–Kier alpha value is -2.63. The van der Waals surface area contributed by atoms with Crippen LogP contribution in [0.25, 0.3) is 0 Å². The number of hydrogen-bond acceptors (Lipinski definition) is 3. The number of carbonyl (C=O) groups excluding carboxylic acids is 2. The normalized spacial score (nSPS) is 16.3. The summed E-state index contributed by atoms with van der Waals surface area (Å²) in [5.41, 5.74) is 2.79. The molecular formula is C26H27ClN2O2S. The van der Waals surface area contributed by atoms with Crippen LogP contribution < -0.4 is 0 Å². The van der Waals surface area contributed by atoms with E-state index in [1.165, 1.54) is 10.4 Å². The first kappa shape index (κ1) is 22.6. The first-order valence-corrected chi connectivity index (χ1v) is 12.2. The predicted octanol–water partition coefficient (Wildman–Crippen LogP) is 5.82. The number of nitrogens with zero attached hydrogens (tertiary/aromatic N) is 2. The number of hydrogen-bond donors (Lipinski definition) is 0. The number of rotatable bonds is 6. The van der Waals surface area contributed by atoms with E-state index in [4.69, 9.17) is 11.6 Å². The summed E-state index contributed by atoms with van der Waals surface area (Å²) in [5, 5.41) is 2.61. The Balaban J connectivity index is 1.63. The van der Waals surface area contributed by atoms with Crippen molar-refractivity contribution in [3.8, 4) is 0 Å². The van der Waals surface area contributed by atoms with Crippen molar-refractivity contribution in [2.75, 3.05) is 13.1 Å². The predicted molar refractivity (Wildman–Crippen MR) is 130 cm³/mol. The quantitative estimate of drug-likeness (QED) is 0.459. The molecule has 4 nitrogen and oxygen atoms in total. The Kier molecular flexibility index (Phi) is 6.97. The number of fused-ring (bicyclic) bond motifs is 1. The van der Waals surface area contributed by atoms with E-state index in [1.54, 1.807) is 40.5 Å². The minimum absolute atomic E-state index is 0.0358. The Bertz CT molecular complexity index is 1100. The maximum atomic E-state index is 13.7. The summed E-state index contributed by atoms with van der Waals surface area (Å²) < 4.78 is 0. The third-order valence-electron chi connectivity index (χ3n) is 6.16. The average molecular weight is 467 g/mol. The topological polar surface area (TPSA) is 40.6 Å². The molecule has 0 saturated heterocycles. The summed E-state index contributed by atoms with van der Waals surface area (Å²) in [6.45, 7) is 4.70. The van der Waals surface area contributed by atoms with Gasteiger partial charge in [-0.15, -0.1) is 11.3 Å². The van der Waals surface area contributed by atoms with Crippen LogP contribution in [0.3, 0.4) is 0 Å². The first-order valence-electron chi connectivity index (χ1n) is 11.0. The molecule has 1 aromatic heterocycles. The Labute approximate surface area is 198 Å². The zero-order chi connectivity index (χ0) is 22.7. The van der Waals surface area contributed by atoms with Gasteiger partial charge >= 0.3 is 0 Å². The van der Waals surface area contributed by atoms with Gasteiger partial charge in [-0.05, 0) is 60.5 Å². The summed E-state index contributed by atoms with van der Waals surface area (Å²) in [6.07, 6.45) is 1.60. The van der Waals surface area contributed by atoms with Crippen LogP contribution in [-0.4, -0.2) is 40.7 Å². The van der Waals surface area contributed by atoms with E-state index in [0.717, 1.165) is 18.4 Å². The van der Waals surface area contributed by atoms with E-state index in [9.17, 15) is 9.59 Å². The third kappa shape index (κ3) is 4.59. The minimum atomic E-state index is -0.167. The van der Waals surface area contributed by atoms with Gasteiger partial charge in [-0.1, -0.05) is 54.9 Å². The van der Waals surface area contributed by atoms with Crippen molar-refractivity contribution < 1.29 is 9.59 Å². The molecule has 0 fully saturated rings. The molecular weight excluding hydrogens is 440 g/mol. The summed E-state index contributed by atoms with van der Waals surface area (Å²) >= 11 is 7.86. The maximum Gasteiger partial charge on any atom is 0.254 e. The molecule has 0 saturated carbocycles. The summed E-state index contributed by atoms with van der Waals surface area (Å²) in [7, 11) is 0. The van der Waals surface area contributed by atoms with Crippen LogP contribution in [0.2, 0.25) is 5.02 Å². The maximum absolute atomic E-state index is 13.7. The van der Waals surface area contributed by atoms with Gasteiger partial charge in [-0.3, -0.25) is 9.59 Å². The summed E-state index contributed by atoms with van der Waals surface area (Å²) in [5.74, 6) is -0.203. The molecule has 2 aromatic carbocycles. The van der Waals surface area contributed by atoms with Crippen LogP contribution in [0, 0.1) is 0 Å². The van der Waals surface area contributed by atoms with Gasteiger partial charge in [-0.25, -0.2) is 0 Å². The van der Waals surface area contributed by atoms with Gasteiger partial charge in [-0.2, -0.15) is 0 Å². The molecule has 6 heteroatoms. The molecule has 1 aliphatic heterocycles. The van der Waals surface area contributed by atoms with Crippen LogP contribution in [0.5, 0.6) is 0 Å². The van der Waals surface area contributed by atoms with E-state index in [1.807, 2.05) is 36.9 Å². The first-order chi connectivity index (χ1) is 15.5. The second-order valence-electron chi connectivity index (χ2n) is 8.15. The zero-order valence-electron chi connectivity index (χ0n) is 18.3. The monoisotopic (exact) mass is 466 g/mol. The third-order valence-corrected chi connectivity index (χ3v) is 7.39. The fourth-order valence-electron chi connectivity index (χ4n) is 4.25. The number of carbonyl (C=O) groups is 2. The molecule has 2 amide bonds. The number of halogens is 1. The van der Waals surface area contributed by atoms with Gasteiger partial charge < -0.3 is 9.80 Å². The van der Waals surface area contributed by atoms with Crippen molar-refractivity contribution in [1.82, 2.24) is 9.80 Å². The molecule has 2 atom stereocenters. The van der Waals surface area contributed by atoms with Gasteiger partial charge in [0.1, 0.15) is 6.54 Å². The standard InChI is InChI=1S/C26H27ClN2O2S/c1-3-18(2)29(26(31)20-10-7-11-21(27)16-20)17-24(30)28-14-12-23-22(13-15-32-23)25(28)19-8-5-4-6-9-19/h4-11,13,15-16,18,25H,3,12,14,17H2,1-2H3. The summed E-state index contributed by atoms with van der Waals surface area (Å²) in [4.78, 5) is 31.9. The fraction of sp³-hybridized carbons (Fsp3) is 0.308. The largest absolute Gasteiger partial charge is 0.330 e. The van der Waals surface area contributed by atoms with E-state index in [-0.39, 0.29) is 30.4 Å². The van der Waals surface area contributed by atoms with Crippen LogP contribution >= 0.6 is 22.9 Å². The Morgan fingerprint density at radius 1 is 1.16 bits per heavy atom. The van der Waals surface area contributed by atoms with Crippen molar-refractivity contribution in [2.24, 2.45) is 0 Å². The molecule has 3 aromatic rings. The van der Waals surface area contributed by atoms with E-state index in [2.05, 4.69) is 23.6 Å². The van der Waals surface area contributed by atoms with Crippen molar-refractivity contribution in [1.29, 1.82) is 0 Å². The molecule has 0 spiro atoms. The lowest BCUT2D eigenvalue weighted by molar-refractivity contribution is -0.134. The molecule has 2 heterocycles. The van der Waals surface area contributed by atoms with Crippen molar-refractivity contribution in [3.05, 3.63) is 92.6 Å². The van der Waals surface area contributed by atoms with Gasteiger partial charge in [0, 0.05) is 28.0 Å². The molecule has 32 heavy (non-hydrogen) atoms. The van der Waals surface area contributed by atoms with Crippen molar-refractivity contribution in [2.45, 2.75) is 38.8 Å². The van der Waals surface area contributed by atoms with Crippen molar-refractivity contribution >= 4 is 34.8 Å². The molecule has 0 N–H and O–H groups in total. The highest BCUT2D eigenvalue weighted by atomic mass is 35.5. The lowest BCUT2D eigenvalue weighted by Gasteiger charge is -2.38. The molecule has 0 radical (unpaired) electrons. The van der Waals surface area contributed by atoms with E-state index >= 15 is 0 Å². The molecule has 0 bridgehead atoms. The van der Waals surface area contributed by atoms with Crippen LogP contribution in [0.1, 0.15) is 52.7 Å². The minimum Gasteiger partial charge on any atom is -0.330 e. The molecule has 4 rings (SSSR count). The SMILES string of the molecule is CCC(C)N(CC(=O)N1CCc2sccc2C1c1ccccc1)C(=O)c1cccc(Cl)c1. The highest BCUT2D eigenvalue weighted by Gasteiger charge is 2.34. The lowest BCUT2D eigenvalue weighted by Crippen LogP contribution is -2.49. The molecule has 166 valence electrons. The highest BCUT2D eigenvalue weighted by Crippen LogP contribution is 2.37. The number of benzene rings is 2.